The van der Waals surface area contributed by atoms with Gasteiger partial charge in [-0.2, -0.15) is 0 Å². The molecule has 1 N–H and O–H groups in total. The quantitative estimate of drug-likeness (QED) is 0.516. The maximum Gasteiger partial charge on any atom is 0.339 e. The zero-order valence-corrected chi connectivity index (χ0v) is 19.1. The number of esters is 1. The molecule has 0 unspecified atom stereocenters. The largest absolute Gasteiger partial charge is 0.454 e. The van der Waals surface area contributed by atoms with Gasteiger partial charge in [0.1, 0.15) is 0 Å². The molecule has 4 rings (SSSR count). The van der Waals surface area contributed by atoms with Crippen molar-refractivity contribution in [1.82, 2.24) is 10.3 Å². The molecule has 2 heterocycles. The highest BCUT2D eigenvalue weighted by Gasteiger charge is 2.24. The van der Waals surface area contributed by atoms with Gasteiger partial charge < -0.3 is 19.5 Å². The molecule has 7 nitrogen and oxygen atoms in total. The van der Waals surface area contributed by atoms with E-state index in [1.165, 1.54) is 0 Å². The van der Waals surface area contributed by atoms with E-state index in [0.29, 0.717) is 23.5 Å². The minimum Gasteiger partial charge on any atom is -0.454 e. The molecule has 1 amide bonds. The fourth-order valence-corrected chi connectivity index (χ4v) is 4.02. The number of fused-ring (bicyclic) bond motifs is 2. The van der Waals surface area contributed by atoms with E-state index in [9.17, 15) is 9.59 Å². The number of aryl methyl sites for hydroxylation is 1. The fraction of sp³-hybridized carbons (Fsp3) is 0.346. The molecule has 172 valence electrons. The van der Waals surface area contributed by atoms with Crippen LogP contribution in [-0.2, 0) is 28.9 Å². The third-order valence-electron chi connectivity index (χ3n) is 5.68. The molecule has 0 saturated heterocycles. The summed E-state index contributed by atoms with van der Waals surface area (Å²) in [6.07, 6.45) is 1.41. The van der Waals surface area contributed by atoms with Crippen molar-refractivity contribution in [2.45, 2.75) is 52.7 Å². The van der Waals surface area contributed by atoms with Gasteiger partial charge in [-0.3, -0.25) is 9.78 Å². The summed E-state index contributed by atoms with van der Waals surface area (Å²) in [5.74, 6) is 0.464. The molecular weight excluding hydrogens is 420 g/mol. The van der Waals surface area contributed by atoms with E-state index in [1.807, 2.05) is 49.4 Å². The standard InChI is InChI=1S/C26H28N2O5/c1-4-8-20-18(5-2)24(19-9-6-7-10-21(19)28-20)26(30)33-16(3)25(29)27-14-17-11-12-22-23(13-17)32-15-31-22/h6-7,9-13,16H,4-5,8,14-15H2,1-3H3,(H,27,29)/t16-/m0/s1. The van der Waals surface area contributed by atoms with E-state index >= 15 is 0 Å². The van der Waals surface area contributed by atoms with Gasteiger partial charge in [-0.15, -0.1) is 0 Å². The van der Waals surface area contributed by atoms with Crippen molar-refractivity contribution < 1.29 is 23.8 Å². The molecule has 0 bridgehead atoms. The number of benzene rings is 2. The number of aromatic nitrogens is 1. The lowest BCUT2D eigenvalue weighted by Gasteiger charge is -2.18. The summed E-state index contributed by atoms with van der Waals surface area (Å²) in [5, 5.41) is 3.56. The first-order chi connectivity index (χ1) is 16.0. The Morgan fingerprint density at radius 1 is 1.12 bits per heavy atom. The van der Waals surface area contributed by atoms with Crippen molar-refractivity contribution in [2.75, 3.05) is 6.79 Å². The van der Waals surface area contributed by atoms with Gasteiger partial charge in [-0.05, 0) is 49.1 Å². The number of para-hydroxylation sites is 1. The number of ether oxygens (including phenoxy) is 3. The van der Waals surface area contributed by atoms with Crippen LogP contribution in [0.3, 0.4) is 0 Å². The number of hydrogen-bond acceptors (Lipinski definition) is 6. The molecule has 3 aromatic rings. The number of nitrogens with zero attached hydrogens (tertiary/aromatic N) is 1. The highest BCUT2D eigenvalue weighted by atomic mass is 16.7. The first-order valence-electron chi connectivity index (χ1n) is 11.3. The Balaban J connectivity index is 1.49. The average molecular weight is 449 g/mol. The van der Waals surface area contributed by atoms with Crippen LogP contribution in [0.25, 0.3) is 10.9 Å². The second-order valence-corrected chi connectivity index (χ2v) is 7.99. The first-order valence-corrected chi connectivity index (χ1v) is 11.3. The van der Waals surface area contributed by atoms with E-state index in [4.69, 9.17) is 19.2 Å². The van der Waals surface area contributed by atoms with Gasteiger partial charge in [0, 0.05) is 17.6 Å². The molecule has 0 radical (unpaired) electrons. The highest BCUT2D eigenvalue weighted by Crippen LogP contribution is 2.32. The molecule has 1 aliphatic rings. The van der Waals surface area contributed by atoms with Gasteiger partial charge in [0.25, 0.3) is 5.91 Å². The lowest BCUT2D eigenvalue weighted by Crippen LogP contribution is -2.35. The van der Waals surface area contributed by atoms with Gasteiger partial charge in [0.05, 0.1) is 11.1 Å². The average Bonchev–Trinajstić information content (AvgIpc) is 3.29. The second kappa shape index (κ2) is 9.90. The van der Waals surface area contributed by atoms with Crippen LogP contribution in [0.2, 0.25) is 0 Å². The molecular formula is C26H28N2O5. The molecule has 1 atom stereocenters. The number of amides is 1. The number of pyridine rings is 1. The summed E-state index contributed by atoms with van der Waals surface area (Å²) < 4.78 is 16.3. The van der Waals surface area contributed by atoms with E-state index in [-0.39, 0.29) is 19.2 Å². The zero-order chi connectivity index (χ0) is 23.4. The normalized spacial score (nSPS) is 13.1. The minimum atomic E-state index is -0.947. The Kier molecular flexibility index (Phi) is 6.77. The van der Waals surface area contributed by atoms with E-state index in [2.05, 4.69) is 12.2 Å². The van der Waals surface area contributed by atoms with Crippen LogP contribution in [0.1, 0.15) is 54.4 Å². The van der Waals surface area contributed by atoms with Crippen molar-refractivity contribution in [1.29, 1.82) is 0 Å². The molecule has 0 fully saturated rings. The second-order valence-electron chi connectivity index (χ2n) is 7.99. The summed E-state index contributed by atoms with van der Waals surface area (Å²) in [6, 6.07) is 13.0. The molecule has 2 aromatic carbocycles. The van der Waals surface area contributed by atoms with Gasteiger partial charge in [-0.1, -0.05) is 44.5 Å². The van der Waals surface area contributed by atoms with Crippen molar-refractivity contribution >= 4 is 22.8 Å². The third-order valence-corrected chi connectivity index (χ3v) is 5.68. The highest BCUT2D eigenvalue weighted by molar-refractivity contribution is 6.05. The van der Waals surface area contributed by atoms with Crippen molar-refractivity contribution in [3.8, 4) is 11.5 Å². The Morgan fingerprint density at radius 3 is 2.70 bits per heavy atom. The number of rotatable bonds is 8. The van der Waals surface area contributed by atoms with Crippen LogP contribution < -0.4 is 14.8 Å². The molecule has 0 saturated carbocycles. The van der Waals surface area contributed by atoms with Crippen LogP contribution in [-0.4, -0.2) is 29.8 Å². The predicted molar refractivity (Wildman–Crippen MR) is 124 cm³/mol. The minimum absolute atomic E-state index is 0.196. The smallest absolute Gasteiger partial charge is 0.339 e. The maximum absolute atomic E-state index is 13.3. The van der Waals surface area contributed by atoms with Gasteiger partial charge in [0.15, 0.2) is 17.6 Å². The molecule has 7 heteroatoms. The van der Waals surface area contributed by atoms with E-state index in [0.717, 1.165) is 40.6 Å². The number of carbonyl (C=O) groups is 2. The van der Waals surface area contributed by atoms with Crippen LogP contribution in [0.4, 0.5) is 0 Å². The Labute approximate surface area is 193 Å². The number of carbonyl (C=O) groups excluding carboxylic acids is 2. The Morgan fingerprint density at radius 2 is 1.91 bits per heavy atom. The maximum atomic E-state index is 13.3. The summed E-state index contributed by atoms with van der Waals surface area (Å²) in [4.78, 5) is 30.7. The molecule has 0 spiro atoms. The number of hydrogen-bond donors (Lipinski definition) is 1. The number of nitrogens with one attached hydrogen (secondary N) is 1. The van der Waals surface area contributed by atoms with Crippen LogP contribution >= 0.6 is 0 Å². The predicted octanol–water partition coefficient (Wildman–Crippen LogP) is 4.34. The third kappa shape index (κ3) is 4.77. The lowest BCUT2D eigenvalue weighted by atomic mass is 9.96. The van der Waals surface area contributed by atoms with Crippen molar-refractivity contribution in [2.24, 2.45) is 0 Å². The molecule has 1 aromatic heterocycles. The topological polar surface area (TPSA) is 86.8 Å². The van der Waals surface area contributed by atoms with Gasteiger partial charge in [-0.25, -0.2) is 4.79 Å². The monoisotopic (exact) mass is 448 g/mol. The molecule has 33 heavy (non-hydrogen) atoms. The van der Waals surface area contributed by atoms with Crippen LogP contribution in [0.5, 0.6) is 11.5 Å². The van der Waals surface area contributed by atoms with E-state index in [1.54, 1.807) is 6.92 Å². The van der Waals surface area contributed by atoms with Gasteiger partial charge in [0.2, 0.25) is 6.79 Å². The summed E-state index contributed by atoms with van der Waals surface area (Å²) in [6.45, 7) is 6.15. The SMILES string of the molecule is CCCc1nc2ccccc2c(C(=O)O[C@@H](C)C(=O)NCc2ccc3c(c2)OCO3)c1CC. The van der Waals surface area contributed by atoms with Crippen LogP contribution in [0.15, 0.2) is 42.5 Å². The van der Waals surface area contributed by atoms with Crippen LogP contribution in [0, 0.1) is 0 Å². The Bertz CT molecular complexity index is 1190. The first kappa shape index (κ1) is 22.6. The lowest BCUT2D eigenvalue weighted by molar-refractivity contribution is -0.129. The summed E-state index contributed by atoms with van der Waals surface area (Å²) in [7, 11) is 0. The summed E-state index contributed by atoms with van der Waals surface area (Å²) in [5.41, 5.74) is 3.91. The summed E-state index contributed by atoms with van der Waals surface area (Å²) >= 11 is 0. The van der Waals surface area contributed by atoms with Crippen molar-refractivity contribution in [3.63, 3.8) is 0 Å². The fourth-order valence-electron chi connectivity index (χ4n) is 4.02. The Hall–Kier alpha value is -3.61. The van der Waals surface area contributed by atoms with Crippen molar-refractivity contribution in [3.05, 3.63) is 64.8 Å². The van der Waals surface area contributed by atoms with E-state index < -0.39 is 12.1 Å². The zero-order valence-electron chi connectivity index (χ0n) is 19.1. The van der Waals surface area contributed by atoms with Gasteiger partial charge >= 0.3 is 5.97 Å². The molecule has 0 aliphatic carbocycles. The molecule has 1 aliphatic heterocycles.